The van der Waals surface area contributed by atoms with Crippen molar-refractivity contribution in [2.24, 2.45) is 4.99 Å². The third kappa shape index (κ3) is 5.86. The monoisotopic (exact) mass is 432 g/mol. The molecule has 1 aromatic carbocycles. The van der Waals surface area contributed by atoms with Gasteiger partial charge in [-0.15, -0.1) is 0 Å². The maximum atomic E-state index is 11.8. The minimum absolute atomic E-state index is 0.169. The van der Waals surface area contributed by atoms with Gasteiger partial charge in [0.1, 0.15) is 5.76 Å². The fourth-order valence-electron chi connectivity index (χ4n) is 3.88. The van der Waals surface area contributed by atoms with Gasteiger partial charge in [-0.25, -0.2) is 13.4 Å². The number of benzene rings is 1. The molecule has 2 aromatic rings. The van der Waals surface area contributed by atoms with Crippen LogP contribution < -0.4 is 10.6 Å². The molecular weight excluding hydrogens is 400 g/mol. The number of aryl methyl sites for hydroxylation is 1. The van der Waals surface area contributed by atoms with Gasteiger partial charge in [0.05, 0.1) is 23.7 Å². The van der Waals surface area contributed by atoms with Crippen molar-refractivity contribution in [2.75, 3.05) is 32.4 Å². The summed E-state index contributed by atoms with van der Waals surface area (Å²) in [4.78, 5) is 7.51. The molecule has 0 spiro atoms. The van der Waals surface area contributed by atoms with Crippen molar-refractivity contribution in [3.8, 4) is 0 Å². The molecule has 2 N–H and O–H groups in total. The number of hydrogen-bond acceptors (Lipinski definition) is 5. The second-order valence-corrected chi connectivity index (χ2v) is 9.71. The van der Waals surface area contributed by atoms with Crippen LogP contribution in [0.5, 0.6) is 0 Å². The van der Waals surface area contributed by atoms with E-state index < -0.39 is 9.84 Å². The molecule has 1 fully saturated rings. The van der Waals surface area contributed by atoms with Crippen molar-refractivity contribution in [1.82, 2.24) is 15.5 Å². The Kier molecular flexibility index (Phi) is 7.55. The normalized spacial score (nSPS) is 16.6. The first-order chi connectivity index (χ1) is 14.4. The van der Waals surface area contributed by atoms with Gasteiger partial charge in [0.25, 0.3) is 0 Å². The second kappa shape index (κ2) is 10.1. The van der Waals surface area contributed by atoms with Crippen LogP contribution in [0.2, 0.25) is 0 Å². The lowest BCUT2D eigenvalue weighted by Gasteiger charge is -2.26. The Morgan fingerprint density at radius 1 is 1.23 bits per heavy atom. The van der Waals surface area contributed by atoms with Crippen LogP contribution in [0.25, 0.3) is 0 Å². The molecule has 1 atom stereocenters. The average molecular weight is 433 g/mol. The molecule has 1 unspecified atom stereocenters. The number of likely N-dealkylation sites (tertiary alicyclic amines) is 1. The van der Waals surface area contributed by atoms with Crippen LogP contribution in [-0.4, -0.2) is 51.7 Å². The molecule has 0 amide bonds. The Bertz CT molecular complexity index is 949. The first kappa shape index (κ1) is 22.4. The highest BCUT2D eigenvalue weighted by atomic mass is 32.2. The molecule has 1 aliphatic rings. The lowest BCUT2D eigenvalue weighted by molar-refractivity contribution is 0.215. The molecule has 164 valence electrons. The first-order valence-corrected chi connectivity index (χ1v) is 12.4. The Morgan fingerprint density at radius 3 is 2.60 bits per heavy atom. The van der Waals surface area contributed by atoms with Crippen LogP contribution in [0.4, 0.5) is 0 Å². The smallest absolute Gasteiger partial charge is 0.191 e. The summed E-state index contributed by atoms with van der Waals surface area (Å²) in [5.41, 5.74) is 1.72. The molecule has 1 saturated heterocycles. The van der Waals surface area contributed by atoms with E-state index in [0.29, 0.717) is 18.0 Å². The molecule has 3 rings (SSSR count). The van der Waals surface area contributed by atoms with Gasteiger partial charge in [0.15, 0.2) is 15.8 Å². The predicted molar refractivity (Wildman–Crippen MR) is 119 cm³/mol. The molecule has 1 aliphatic heterocycles. The summed E-state index contributed by atoms with van der Waals surface area (Å²) < 4.78 is 29.3. The highest BCUT2D eigenvalue weighted by Crippen LogP contribution is 2.25. The number of guanidine groups is 1. The summed E-state index contributed by atoms with van der Waals surface area (Å²) >= 11 is 0. The zero-order valence-corrected chi connectivity index (χ0v) is 18.8. The van der Waals surface area contributed by atoms with Crippen molar-refractivity contribution in [2.45, 2.75) is 44.2 Å². The molecule has 0 radical (unpaired) electrons. The quantitative estimate of drug-likeness (QED) is 0.493. The average Bonchev–Trinajstić information content (AvgIpc) is 3.40. The molecular formula is C22H32N4O3S. The van der Waals surface area contributed by atoms with Gasteiger partial charge < -0.3 is 15.1 Å². The Balaban J connectivity index is 1.69. The van der Waals surface area contributed by atoms with E-state index in [2.05, 4.69) is 15.5 Å². The Labute approximate surface area is 179 Å². The van der Waals surface area contributed by atoms with Crippen LogP contribution in [0.1, 0.15) is 42.7 Å². The summed E-state index contributed by atoms with van der Waals surface area (Å²) in [7, 11) is -3.21. The standard InChI is InChI=1S/C22H32N4O3S/c1-4-23-22(24-15-18-9-10-21(17(2)14-18)30(3,27)28)25-16-19(20-8-7-13-29-20)26-11-5-6-12-26/h7-10,13-14,19H,4-6,11-12,15-16H2,1-3H3,(H2,23,24,25). The predicted octanol–water partition coefficient (Wildman–Crippen LogP) is 2.88. The molecule has 0 aliphatic carbocycles. The van der Waals surface area contributed by atoms with E-state index in [4.69, 9.17) is 9.41 Å². The van der Waals surface area contributed by atoms with Gasteiger partial charge in [-0.1, -0.05) is 12.1 Å². The first-order valence-electron chi connectivity index (χ1n) is 10.5. The molecule has 8 heteroatoms. The van der Waals surface area contributed by atoms with Gasteiger partial charge in [-0.05, 0) is 69.1 Å². The van der Waals surface area contributed by atoms with E-state index in [9.17, 15) is 8.42 Å². The lowest BCUT2D eigenvalue weighted by Crippen LogP contribution is -2.42. The molecule has 30 heavy (non-hydrogen) atoms. The van der Waals surface area contributed by atoms with Crippen LogP contribution in [0.15, 0.2) is 50.9 Å². The molecule has 1 aromatic heterocycles. The van der Waals surface area contributed by atoms with E-state index in [1.165, 1.54) is 19.1 Å². The van der Waals surface area contributed by atoms with Gasteiger partial charge in [0.2, 0.25) is 0 Å². The molecule has 2 heterocycles. The maximum absolute atomic E-state index is 11.8. The van der Waals surface area contributed by atoms with Crippen molar-refractivity contribution >= 4 is 15.8 Å². The van der Waals surface area contributed by atoms with Crippen LogP contribution >= 0.6 is 0 Å². The van der Waals surface area contributed by atoms with Crippen LogP contribution in [-0.2, 0) is 16.4 Å². The summed E-state index contributed by atoms with van der Waals surface area (Å²) in [6.07, 6.45) is 5.39. The number of hydrogen-bond donors (Lipinski definition) is 2. The number of nitrogens with zero attached hydrogens (tertiary/aromatic N) is 2. The summed E-state index contributed by atoms with van der Waals surface area (Å²) in [6.45, 7) is 7.93. The van der Waals surface area contributed by atoms with Crippen molar-refractivity contribution in [3.63, 3.8) is 0 Å². The SMILES string of the molecule is CCNC(=NCc1ccc(S(C)(=O)=O)c(C)c1)NCC(c1ccco1)N1CCCC1. The number of rotatable bonds is 8. The summed E-state index contributed by atoms with van der Waals surface area (Å²) in [5.74, 6) is 1.70. The number of aliphatic imine (C=N–C) groups is 1. The van der Waals surface area contributed by atoms with Gasteiger partial charge in [-0.3, -0.25) is 4.90 Å². The van der Waals surface area contributed by atoms with Gasteiger partial charge >= 0.3 is 0 Å². The van der Waals surface area contributed by atoms with E-state index >= 15 is 0 Å². The molecule has 7 nitrogen and oxygen atoms in total. The molecule has 0 bridgehead atoms. The lowest BCUT2D eigenvalue weighted by atomic mass is 10.1. The maximum Gasteiger partial charge on any atom is 0.191 e. The zero-order chi connectivity index (χ0) is 21.6. The largest absolute Gasteiger partial charge is 0.468 e. The Hall–Kier alpha value is -2.32. The van der Waals surface area contributed by atoms with E-state index in [0.717, 1.165) is 42.5 Å². The fourth-order valence-corrected chi connectivity index (χ4v) is 4.83. The number of sulfone groups is 1. The van der Waals surface area contributed by atoms with Crippen molar-refractivity contribution < 1.29 is 12.8 Å². The van der Waals surface area contributed by atoms with Gasteiger partial charge in [0, 0.05) is 19.3 Å². The summed E-state index contributed by atoms with van der Waals surface area (Å²) in [6, 6.07) is 9.51. The third-order valence-corrected chi connectivity index (χ3v) is 6.58. The minimum atomic E-state index is -3.21. The van der Waals surface area contributed by atoms with Crippen LogP contribution in [0, 0.1) is 6.92 Å². The van der Waals surface area contributed by atoms with Crippen molar-refractivity contribution in [1.29, 1.82) is 0 Å². The third-order valence-electron chi connectivity index (χ3n) is 5.32. The second-order valence-electron chi connectivity index (χ2n) is 7.72. The minimum Gasteiger partial charge on any atom is -0.468 e. The highest BCUT2D eigenvalue weighted by Gasteiger charge is 2.25. The Morgan fingerprint density at radius 2 is 2.00 bits per heavy atom. The van der Waals surface area contributed by atoms with Gasteiger partial charge in [-0.2, -0.15) is 0 Å². The van der Waals surface area contributed by atoms with E-state index in [1.54, 1.807) is 12.3 Å². The zero-order valence-electron chi connectivity index (χ0n) is 18.0. The van der Waals surface area contributed by atoms with E-state index in [-0.39, 0.29) is 6.04 Å². The van der Waals surface area contributed by atoms with Crippen LogP contribution in [0.3, 0.4) is 0 Å². The summed E-state index contributed by atoms with van der Waals surface area (Å²) in [5, 5.41) is 6.74. The topological polar surface area (TPSA) is 86.9 Å². The highest BCUT2D eigenvalue weighted by molar-refractivity contribution is 7.90. The number of nitrogens with one attached hydrogen (secondary N) is 2. The van der Waals surface area contributed by atoms with Crippen molar-refractivity contribution in [3.05, 3.63) is 53.5 Å². The number of furan rings is 1. The fraction of sp³-hybridized carbons (Fsp3) is 0.500. The molecule has 0 saturated carbocycles. The van der Waals surface area contributed by atoms with E-state index in [1.807, 2.05) is 38.1 Å².